The van der Waals surface area contributed by atoms with Gasteiger partial charge in [-0.25, -0.2) is 24.0 Å². The molecule has 4 aliphatic rings. The van der Waals surface area contributed by atoms with Crippen molar-refractivity contribution in [1.29, 1.82) is 0 Å². The van der Waals surface area contributed by atoms with Crippen molar-refractivity contribution in [3.63, 3.8) is 0 Å². The molecule has 36 heteroatoms. The zero-order valence-electron chi connectivity index (χ0n) is 51.1. The summed E-state index contributed by atoms with van der Waals surface area (Å²) in [5, 5.41) is 227. The van der Waals surface area contributed by atoms with Crippen LogP contribution in [0.3, 0.4) is 0 Å². The molecule has 0 aromatic heterocycles. The molecule has 0 spiro atoms. The minimum atomic E-state index is -2.59. The minimum absolute atomic E-state index is 0.0359. The van der Waals surface area contributed by atoms with Crippen LogP contribution in [0.2, 0.25) is 0 Å². The summed E-state index contributed by atoms with van der Waals surface area (Å²) >= 11 is 0. The molecule has 0 aliphatic carbocycles. The summed E-state index contributed by atoms with van der Waals surface area (Å²) in [5.74, 6) is -34.0. The van der Waals surface area contributed by atoms with Crippen molar-refractivity contribution in [3.05, 3.63) is 106 Å². The maximum absolute atomic E-state index is 14.7. The molecule has 2 fully saturated rings. The van der Waals surface area contributed by atoms with Crippen LogP contribution < -0.4 is 9.47 Å². The maximum atomic E-state index is 14.7. The van der Waals surface area contributed by atoms with Crippen molar-refractivity contribution in [2.45, 2.75) is 93.5 Å². The van der Waals surface area contributed by atoms with E-state index in [9.17, 15) is 136 Å². The SMILES string of the molecule is O=C(CCc1ccc(O)c(O)c1)CC(CCc1ccc(OC(=O)c2cc(O)c(O)c(O)c2Oc2cc3c(c(O)c2O)-c2c(cc(O)c(O)c2O)C(=O)OC2C(COC3=O)OC(O)C3OC(=O)c4cc(O)c(O)c(O)c4-c4c(cc(O)c(O)c4O)C(=O)OC32)c(O)c1)OC1OCC(O)C(O)C1O. The molecule has 532 valence electrons. The molecule has 4 heterocycles. The number of aromatic hydroxyl groups is 17. The van der Waals surface area contributed by atoms with E-state index in [4.69, 9.17) is 42.6 Å². The Kier molecular flexibility index (Phi) is 18.8. The fourth-order valence-corrected chi connectivity index (χ4v) is 11.5. The Balaban J connectivity index is 0.891. The van der Waals surface area contributed by atoms with Gasteiger partial charge in [0.15, 0.2) is 111 Å². The number of hydrogen-bond donors (Lipinski definition) is 21. The molecule has 11 rings (SSSR count). The number of aliphatic hydroxyl groups is 4. The van der Waals surface area contributed by atoms with Gasteiger partial charge in [0.25, 0.3) is 0 Å². The highest BCUT2D eigenvalue weighted by Gasteiger charge is 2.54. The second-order valence-corrected chi connectivity index (χ2v) is 23.2. The van der Waals surface area contributed by atoms with Crippen molar-refractivity contribution in [3.8, 4) is 137 Å². The molecule has 2 saturated heterocycles. The number of esters is 5. The number of phenols is 17. The number of fused-ring (bicyclic) bond motifs is 9. The fourth-order valence-electron chi connectivity index (χ4n) is 11.5. The number of phenolic OH excluding ortho intramolecular Hbond substituents is 17. The number of ketones is 1. The smallest absolute Gasteiger partial charge is 0.347 e. The topological polar surface area (TPSA) is 610 Å². The first-order valence-corrected chi connectivity index (χ1v) is 29.6. The number of cyclic esters (lactones) is 1. The lowest BCUT2D eigenvalue weighted by Gasteiger charge is -2.43. The van der Waals surface area contributed by atoms with Crippen molar-refractivity contribution in [2.75, 3.05) is 13.2 Å². The molecule has 36 nitrogen and oxygen atoms in total. The predicted molar refractivity (Wildman–Crippen MR) is 324 cm³/mol. The van der Waals surface area contributed by atoms with Crippen molar-refractivity contribution >= 4 is 35.6 Å². The van der Waals surface area contributed by atoms with Gasteiger partial charge in [0.05, 0.1) is 35.0 Å². The Morgan fingerprint density at radius 1 is 0.465 bits per heavy atom. The number of hydrogen-bond acceptors (Lipinski definition) is 36. The molecule has 0 saturated carbocycles. The summed E-state index contributed by atoms with van der Waals surface area (Å²) in [6.45, 7) is -1.77. The third kappa shape index (κ3) is 13.1. The summed E-state index contributed by atoms with van der Waals surface area (Å²) in [7, 11) is 0. The van der Waals surface area contributed by atoms with Gasteiger partial charge in [-0.05, 0) is 72.9 Å². The predicted octanol–water partition coefficient (Wildman–Crippen LogP) is 2.55. The third-order valence-corrected chi connectivity index (χ3v) is 16.7. The van der Waals surface area contributed by atoms with E-state index in [0.29, 0.717) is 35.9 Å². The van der Waals surface area contributed by atoms with Crippen molar-refractivity contribution in [1.82, 2.24) is 0 Å². The average Bonchev–Trinajstić information content (AvgIpc) is 1.59. The van der Waals surface area contributed by atoms with Gasteiger partial charge in [0.2, 0.25) is 34.5 Å². The van der Waals surface area contributed by atoms with Crippen LogP contribution >= 0.6 is 0 Å². The van der Waals surface area contributed by atoms with Crippen LogP contribution in [0.4, 0.5) is 0 Å². The molecule has 101 heavy (non-hydrogen) atoms. The Morgan fingerprint density at radius 3 is 1.52 bits per heavy atom. The van der Waals surface area contributed by atoms with Gasteiger partial charge < -0.3 is 150 Å². The van der Waals surface area contributed by atoms with Gasteiger partial charge >= 0.3 is 29.8 Å². The second kappa shape index (κ2) is 27.2. The summed E-state index contributed by atoms with van der Waals surface area (Å²) in [6, 6.07) is 9.45. The molecule has 21 N–H and O–H groups in total. The van der Waals surface area contributed by atoms with Crippen LogP contribution in [0.25, 0.3) is 22.3 Å². The summed E-state index contributed by atoms with van der Waals surface area (Å²) < 4.78 is 50.2. The van der Waals surface area contributed by atoms with Gasteiger partial charge in [-0.15, -0.1) is 0 Å². The second-order valence-electron chi connectivity index (χ2n) is 23.2. The van der Waals surface area contributed by atoms with Gasteiger partial charge in [0, 0.05) is 47.2 Å². The summed E-state index contributed by atoms with van der Waals surface area (Å²) in [6.07, 6.45) is -20.0. The van der Waals surface area contributed by atoms with E-state index < -0.39 is 264 Å². The molecule has 7 aromatic rings. The molecule has 10 unspecified atom stereocenters. The Labute approximate surface area is 562 Å². The van der Waals surface area contributed by atoms with Crippen LogP contribution in [0.5, 0.6) is 115 Å². The quantitative estimate of drug-likeness (QED) is 0.0322. The lowest BCUT2D eigenvalue weighted by atomic mass is 9.91. The largest absolute Gasteiger partial charge is 0.504 e. The monoisotopic (exact) mass is 1410 g/mol. The zero-order chi connectivity index (χ0) is 73.2. The molecule has 10 atom stereocenters. The van der Waals surface area contributed by atoms with E-state index in [1.54, 1.807) is 0 Å². The van der Waals surface area contributed by atoms with E-state index >= 15 is 0 Å². The Bertz CT molecular complexity index is 4580. The Hall–Kier alpha value is -12.3. The number of Topliss-reactive ketones (excluding diaryl/α,β-unsaturated/α-hetero) is 1. The summed E-state index contributed by atoms with van der Waals surface area (Å²) in [5.41, 5.74) is -9.43. The number of rotatable bonds is 14. The third-order valence-electron chi connectivity index (χ3n) is 16.7. The van der Waals surface area contributed by atoms with E-state index in [-0.39, 0.29) is 49.2 Å². The van der Waals surface area contributed by atoms with Crippen molar-refractivity contribution < 1.29 is 179 Å². The highest BCUT2D eigenvalue weighted by atomic mass is 16.7. The number of carbonyl (C=O) groups is 6. The first-order chi connectivity index (χ1) is 47.7. The molecular weight excluding hydrogens is 1360 g/mol. The zero-order valence-corrected chi connectivity index (χ0v) is 51.1. The highest BCUT2D eigenvalue weighted by molar-refractivity contribution is 6.10. The van der Waals surface area contributed by atoms with E-state index in [2.05, 4.69) is 0 Å². The minimum Gasteiger partial charge on any atom is -0.504 e. The van der Waals surface area contributed by atoms with Crippen LogP contribution in [0.15, 0.2) is 66.7 Å². The first-order valence-electron chi connectivity index (χ1n) is 29.6. The normalized spacial score (nSPS) is 21.4. The molecule has 0 radical (unpaired) electrons. The van der Waals surface area contributed by atoms with Crippen molar-refractivity contribution in [2.24, 2.45) is 0 Å². The highest BCUT2D eigenvalue weighted by Crippen LogP contribution is 2.57. The number of benzene rings is 7. The van der Waals surface area contributed by atoms with Crippen LogP contribution in [-0.2, 0) is 50.8 Å². The van der Waals surface area contributed by atoms with Crippen LogP contribution in [0, 0.1) is 0 Å². The number of aryl methyl sites for hydroxylation is 2. The molecule has 0 amide bonds. The maximum Gasteiger partial charge on any atom is 0.347 e. The van der Waals surface area contributed by atoms with Gasteiger partial charge in [0.1, 0.15) is 42.4 Å². The number of aliphatic hydroxyl groups excluding tert-OH is 4. The molecule has 4 aliphatic heterocycles. The standard InChI is InChI=1S/C65H56O36/c66-21(5-1-19-3-7-28(67)29(68)9-19)11-22(95-65-54(86)47(79)35(74)17-94-65)6-2-20-4-8-36(30(69)10-20)97-63(91)27-15-34(73)46(78)53(85)55(27)96-37-16-26-42(52(84)48(37)80)41-23(12-31(70)45(77)51(41)83)60(88)99-56-38(18-93-59(26)87)98-64(92)58-57(56)100-61(89)24-13-32(71)43(75)49(81)39(24)40-25(62(90)101-58)14-33(72)44(76)50(40)82/h3-4,7-10,12-16,22,35,38,47,54,56-58,64-65,67-86,92H,1-2,5-6,11,17-18H2. The fraction of sp³-hybridized carbons (Fsp3) is 0.262. The lowest BCUT2D eigenvalue weighted by Crippen LogP contribution is -2.62. The lowest BCUT2D eigenvalue weighted by molar-refractivity contribution is -0.284. The molecule has 0 bridgehead atoms. The van der Waals surface area contributed by atoms with Crippen LogP contribution in [0.1, 0.15) is 82.2 Å². The van der Waals surface area contributed by atoms with Gasteiger partial charge in [-0.2, -0.15) is 0 Å². The number of ether oxygens (including phenoxy) is 9. The van der Waals surface area contributed by atoms with Gasteiger partial charge in [-0.3, -0.25) is 4.79 Å². The van der Waals surface area contributed by atoms with E-state index in [1.807, 2.05) is 0 Å². The Morgan fingerprint density at radius 2 is 0.960 bits per heavy atom. The number of carbonyl (C=O) groups excluding carboxylic acids is 6. The van der Waals surface area contributed by atoms with E-state index in [1.165, 1.54) is 24.3 Å². The first kappa shape index (κ1) is 70.0. The molecular formula is C65H56O36. The average molecular weight is 1410 g/mol. The van der Waals surface area contributed by atoms with E-state index in [0.717, 1.165) is 12.1 Å². The van der Waals surface area contributed by atoms with Crippen LogP contribution in [-0.4, -0.2) is 217 Å². The van der Waals surface area contributed by atoms with Gasteiger partial charge in [-0.1, -0.05) is 12.1 Å². The summed E-state index contributed by atoms with van der Waals surface area (Å²) in [4.78, 5) is 85.4. The molecule has 7 aromatic carbocycles.